The third kappa shape index (κ3) is 2.77. The maximum Gasteiger partial charge on any atom is 0.0994 e. The van der Waals surface area contributed by atoms with Gasteiger partial charge in [-0.1, -0.05) is 24.3 Å². The van der Waals surface area contributed by atoms with E-state index in [1.807, 2.05) is 24.3 Å². The van der Waals surface area contributed by atoms with E-state index in [9.17, 15) is 0 Å². The molecule has 1 aromatic carbocycles. The highest BCUT2D eigenvalue weighted by molar-refractivity contribution is 5.39. The molecule has 0 amide bonds. The van der Waals surface area contributed by atoms with Gasteiger partial charge < -0.3 is 0 Å². The quantitative estimate of drug-likeness (QED) is 0.699. The molecule has 1 aromatic rings. The van der Waals surface area contributed by atoms with Crippen molar-refractivity contribution >= 4 is 0 Å². The van der Waals surface area contributed by atoms with Gasteiger partial charge in [0.1, 0.15) is 0 Å². The van der Waals surface area contributed by atoms with Crippen molar-refractivity contribution in [3.05, 3.63) is 48.0 Å². The van der Waals surface area contributed by atoms with Gasteiger partial charge in [-0.3, -0.25) is 0 Å². The highest BCUT2D eigenvalue weighted by atomic mass is 14.3. The Morgan fingerprint density at radius 2 is 1.94 bits per heavy atom. The molecule has 0 spiro atoms. The van der Waals surface area contributed by atoms with Crippen molar-refractivity contribution in [3.63, 3.8) is 0 Å². The largest absolute Gasteiger partial charge is 0.192 e. The highest BCUT2D eigenvalue weighted by Crippen LogP contribution is 2.38. The molecule has 1 saturated carbocycles. The molecule has 0 heterocycles. The summed E-state index contributed by atoms with van der Waals surface area (Å²) < 4.78 is 0. The van der Waals surface area contributed by atoms with E-state index >= 15 is 0 Å². The lowest BCUT2D eigenvalue weighted by molar-refractivity contribution is 0.328. The Hall–Kier alpha value is -1.55. The van der Waals surface area contributed by atoms with Crippen LogP contribution in [-0.4, -0.2) is 0 Å². The zero-order valence-electron chi connectivity index (χ0n) is 10.2. The molecule has 2 rings (SSSR count). The van der Waals surface area contributed by atoms with Gasteiger partial charge in [0.2, 0.25) is 0 Å². The third-order valence-corrected chi connectivity index (χ3v) is 3.87. The van der Waals surface area contributed by atoms with Gasteiger partial charge in [-0.25, -0.2) is 0 Å². The number of nitrogens with zero attached hydrogens (tertiary/aromatic N) is 1. The van der Waals surface area contributed by atoms with Gasteiger partial charge in [0.25, 0.3) is 0 Å². The van der Waals surface area contributed by atoms with E-state index in [2.05, 4.69) is 18.7 Å². The summed E-state index contributed by atoms with van der Waals surface area (Å²) >= 11 is 0. The molecule has 88 valence electrons. The molecular weight excluding hydrogens is 206 g/mol. The number of benzene rings is 1. The fourth-order valence-electron chi connectivity index (χ4n) is 2.90. The highest BCUT2D eigenvalue weighted by Gasteiger charge is 2.22. The van der Waals surface area contributed by atoms with Crippen LogP contribution in [0.25, 0.3) is 0 Å². The van der Waals surface area contributed by atoms with E-state index in [1.54, 1.807) is 0 Å². The van der Waals surface area contributed by atoms with Crippen molar-refractivity contribution in [2.75, 3.05) is 0 Å². The first kappa shape index (κ1) is 11.9. The summed E-state index contributed by atoms with van der Waals surface area (Å²) in [6.45, 7) is 3.82. The lowest BCUT2D eigenvalue weighted by Crippen LogP contribution is -2.13. The Morgan fingerprint density at radius 1 is 1.24 bits per heavy atom. The van der Waals surface area contributed by atoms with Gasteiger partial charge in [0, 0.05) is 0 Å². The van der Waals surface area contributed by atoms with Crippen molar-refractivity contribution < 1.29 is 0 Å². The molecule has 1 aliphatic rings. The van der Waals surface area contributed by atoms with Crippen molar-refractivity contribution in [3.8, 4) is 6.07 Å². The van der Waals surface area contributed by atoms with Gasteiger partial charge >= 0.3 is 0 Å². The van der Waals surface area contributed by atoms with E-state index in [-0.39, 0.29) is 0 Å². The maximum absolute atomic E-state index is 9.12. The van der Waals surface area contributed by atoms with E-state index in [1.165, 1.54) is 31.2 Å². The first-order valence-electron chi connectivity index (χ1n) is 6.45. The van der Waals surface area contributed by atoms with Gasteiger partial charge in [-0.15, -0.1) is 6.58 Å². The van der Waals surface area contributed by atoms with E-state index in [0.29, 0.717) is 5.92 Å². The fraction of sp³-hybridized carbons (Fsp3) is 0.438. The molecule has 0 N–H and O–H groups in total. The summed E-state index contributed by atoms with van der Waals surface area (Å²) in [5, 5.41) is 9.12. The topological polar surface area (TPSA) is 23.8 Å². The minimum atomic E-state index is 0.590. The van der Waals surface area contributed by atoms with Gasteiger partial charge in [0.15, 0.2) is 0 Å². The Labute approximate surface area is 104 Å². The molecule has 0 aliphatic heterocycles. The van der Waals surface area contributed by atoms with E-state index in [0.717, 1.165) is 17.9 Å². The molecule has 1 nitrogen and oxygen atoms in total. The lowest BCUT2D eigenvalue weighted by atomic mass is 9.76. The van der Waals surface area contributed by atoms with Crippen molar-refractivity contribution in [1.29, 1.82) is 5.26 Å². The molecule has 0 aromatic heterocycles. The minimum Gasteiger partial charge on any atom is -0.192 e. The summed E-state index contributed by atoms with van der Waals surface area (Å²) in [6.07, 6.45) is 8.17. The average Bonchev–Trinajstić information content (AvgIpc) is 2.40. The summed E-state index contributed by atoms with van der Waals surface area (Å²) in [4.78, 5) is 0. The Morgan fingerprint density at radius 3 is 2.59 bits per heavy atom. The van der Waals surface area contributed by atoms with E-state index < -0.39 is 0 Å². The molecule has 17 heavy (non-hydrogen) atoms. The minimum absolute atomic E-state index is 0.590. The van der Waals surface area contributed by atoms with Crippen LogP contribution in [-0.2, 0) is 0 Å². The summed E-state index contributed by atoms with van der Waals surface area (Å²) in [5.41, 5.74) is 2.12. The predicted molar refractivity (Wildman–Crippen MR) is 70.7 cm³/mol. The SMILES string of the molecule is C=CCC1CCC(c2ccccc2C#N)CC1. The normalized spacial score (nSPS) is 23.9. The fourth-order valence-corrected chi connectivity index (χ4v) is 2.90. The number of hydrogen-bond acceptors (Lipinski definition) is 1. The zero-order valence-corrected chi connectivity index (χ0v) is 10.2. The van der Waals surface area contributed by atoms with Crippen molar-refractivity contribution in [1.82, 2.24) is 0 Å². The summed E-state index contributed by atoms with van der Waals surface area (Å²) in [5.74, 6) is 1.41. The zero-order chi connectivity index (χ0) is 12.1. The van der Waals surface area contributed by atoms with Crippen LogP contribution in [0.3, 0.4) is 0 Å². The number of rotatable bonds is 3. The van der Waals surface area contributed by atoms with Gasteiger partial charge in [-0.05, 0) is 55.6 Å². The van der Waals surface area contributed by atoms with Crippen LogP contribution in [0.1, 0.15) is 49.1 Å². The van der Waals surface area contributed by atoms with Crippen LogP contribution in [0.4, 0.5) is 0 Å². The number of allylic oxidation sites excluding steroid dienone is 1. The number of hydrogen-bond donors (Lipinski definition) is 0. The molecular formula is C16H19N. The van der Waals surface area contributed by atoms with Crippen LogP contribution < -0.4 is 0 Å². The molecule has 1 aliphatic carbocycles. The lowest BCUT2D eigenvalue weighted by Gasteiger charge is -2.28. The molecule has 1 heteroatoms. The monoisotopic (exact) mass is 225 g/mol. The van der Waals surface area contributed by atoms with Crippen molar-refractivity contribution in [2.45, 2.75) is 38.0 Å². The van der Waals surface area contributed by atoms with Crippen molar-refractivity contribution in [2.24, 2.45) is 5.92 Å². The van der Waals surface area contributed by atoms with Crippen LogP contribution in [0.2, 0.25) is 0 Å². The number of nitriles is 1. The summed E-state index contributed by atoms with van der Waals surface area (Å²) in [6, 6.07) is 10.4. The molecule has 0 saturated heterocycles. The van der Waals surface area contributed by atoms with Gasteiger partial charge in [0.05, 0.1) is 11.6 Å². The Kier molecular flexibility index (Phi) is 3.98. The molecule has 1 fully saturated rings. The maximum atomic E-state index is 9.12. The van der Waals surface area contributed by atoms with E-state index in [4.69, 9.17) is 5.26 Å². The van der Waals surface area contributed by atoms with Crippen LogP contribution in [0, 0.1) is 17.2 Å². The second kappa shape index (κ2) is 5.68. The molecule has 0 bridgehead atoms. The Bertz CT molecular complexity index is 419. The van der Waals surface area contributed by atoms with Crippen LogP contribution >= 0.6 is 0 Å². The first-order chi connectivity index (χ1) is 8.35. The third-order valence-electron chi connectivity index (χ3n) is 3.87. The average molecular weight is 225 g/mol. The molecule has 0 atom stereocenters. The predicted octanol–water partition coefficient (Wildman–Crippen LogP) is 4.41. The molecule has 0 radical (unpaired) electrons. The second-order valence-corrected chi connectivity index (χ2v) is 4.94. The molecule has 0 unspecified atom stereocenters. The smallest absolute Gasteiger partial charge is 0.0994 e. The second-order valence-electron chi connectivity index (χ2n) is 4.94. The van der Waals surface area contributed by atoms with Crippen LogP contribution in [0.5, 0.6) is 0 Å². The van der Waals surface area contributed by atoms with Gasteiger partial charge in [-0.2, -0.15) is 5.26 Å². The summed E-state index contributed by atoms with van der Waals surface area (Å²) in [7, 11) is 0. The van der Waals surface area contributed by atoms with Crippen LogP contribution in [0.15, 0.2) is 36.9 Å². The first-order valence-corrected chi connectivity index (χ1v) is 6.45. The standard InChI is InChI=1S/C16H19N/c1-2-5-13-8-10-14(11-9-13)16-7-4-3-6-15(16)12-17/h2-4,6-7,13-14H,1,5,8-11H2. The Balaban J connectivity index is 2.05.